The molecule has 0 spiro atoms. The van der Waals surface area contributed by atoms with Crippen molar-refractivity contribution in [3.8, 4) is 0 Å². The Hall–Kier alpha value is -3.14. The monoisotopic (exact) mass is 307 g/mol. The second-order valence-electron chi connectivity index (χ2n) is 5.06. The van der Waals surface area contributed by atoms with Gasteiger partial charge in [0.2, 0.25) is 0 Å². The van der Waals surface area contributed by atoms with E-state index in [1.165, 1.54) is 13.1 Å². The second-order valence-corrected chi connectivity index (χ2v) is 5.06. The van der Waals surface area contributed by atoms with Gasteiger partial charge in [-0.15, -0.1) is 0 Å². The van der Waals surface area contributed by atoms with Crippen LogP contribution >= 0.6 is 0 Å². The molecule has 0 radical (unpaired) electrons. The van der Waals surface area contributed by atoms with E-state index in [4.69, 9.17) is 10.3 Å². The number of hydrogen-bond donors (Lipinski definition) is 2. The van der Waals surface area contributed by atoms with Crippen LogP contribution in [0.25, 0.3) is 21.5 Å². The van der Waals surface area contributed by atoms with Crippen LogP contribution in [0, 0.1) is 0 Å². The molecule has 0 saturated carbocycles. The van der Waals surface area contributed by atoms with Crippen LogP contribution in [-0.4, -0.2) is 22.5 Å². The van der Waals surface area contributed by atoms with Crippen molar-refractivity contribution in [2.45, 2.75) is 6.92 Å². The number of benzene rings is 3. The second kappa shape index (κ2) is 7.22. The first-order valence-corrected chi connectivity index (χ1v) is 7.01. The van der Waals surface area contributed by atoms with E-state index in [-0.39, 0.29) is 5.57 Å². The molecule has 23 heavy (non-hydrogen) atoms. The minimum absolute atomic E-state index is 0.176. The van der Waals surface area contributed by atoms with E-state index in [1.807, 2.05) is 36.4 Å². The van der Waals surface area contributed by atoms with E-state index >= 15 is 0 Å². The predicted molar refractivity (Wildman–Crippen MR) is 93.3 cm³/mol. The molecule has 116 valence electrons. The van der Waals surface area contributed by atoms with Crippen LogP contribution in [0.1, 0.15) is 12.5 Å². The van der Waals surface area contributed by atoms with Crippen molar-refractivity contribution in [2.24, 2.45) is 5.16 Å². The van der Waals surface area contributed by atoms with Crippen LogP contribution in [0.4, 0.5) is 0 Å². The average Bonchev–Trinajstić information content (AvgIpc) is 2.55. The SMILES string of the molecule is C=C(C)C(=O)O.ON=Cc1c2ccccc2cc2ccccc12. The molecule has 0 aliphatic heterocycles. The van der Waals surface area contributed by atoms with Gasteiger partial charge in [0, 0.05) is 11.1 Å². The van der Waals surface area contributed by atoms with Crippen LogP contribution in [0.15, 0.2) is 71.9 Å². The zero-order chi connectivity index (χ0) is 16.8. The van der Waals surface area contributed by atoms with Crippen LogP contribution in [-0.2, 0) is 4.79 Å². The zero-order valence-electron chi connectivity index (χ0n) is 12.7. The lowest BCUT2D eigenvalue weighted by atomic mass is 9.97. The number of carbonyl (C=O) groups is 1. The quantitative estimate of drug-likeness (QED) is 0.242. The largest absolute Gasteiger partial charge is 0.478 e. The summed E-state index contributed by atoms with van der Waals surface area (Å²) in [6, 6.07) is 18.4. The maximum atomic E-state index is 9.60. The molecule has 0 aliphatic rings. The Morgan fingerprint density at radius 1 is 1.04 bits per heavy atom. The Bertz CT molecular complexity index is 831. The van der Waals surface area contributed by atoms with Crippen LogP contribution in [0.3, 0.4) is 0 Å². The zero-order valence-corrected chi connectivity index (χ0v) is 12.7. The van der Waals surface area contributed by atoms with Crippen molar-refractivity contribution >= 4 is 33.7 Å². The Labute approximate surface area is 134 Å². The molecule has 0 bridgehead atoms. The summed E-state index contributed by atoms with van der Waals surface area (Å²) in [5, 5.41) is 24.4. The van der Waals surface area contributed by atoms with Crippen LogP contribution < -0.4 is 0 Å². The fourth-order valence-corrected chi connectivity index (χ4v) is 2.25. The molecular weight excluding hydrogens is 290 g/mol. The van der Waals surface area contributed by atoms with Gasteiger partial charge in [0.25, 0.3) is 0 Å². The number of carboxylic acid groups (broad SMARTS) is 1. The molecule has 3 rings (SSSR count). The predicted octanol–water partition coefficient (Wildman–Crippen LogP) is 4.45. The number of oxime groups is 1. The first-order valence-electron chi connectivity index (χ1n) is 7.01. The van der Waals surface area contributed by atoms with Gasteiger partial charge in [-0.2, -0.15) is 0 Å². The molecule has 0 aromatic heterocycles. The maximum Gasteiger partial charge on any atom is 0.330 e. The van der Waals surface area contributed by atoms with E-state index in [1.54, 1.807) is 0 Å². The molecule has 2 N–H and O–H groups in total. The van der Waals surface area contributed by atoms with E-state index in [0.29, 0.717) is 0 Å². The molecule has 0 atom stereocenters. The van der Waals surface area contributed by atoms with Gasteiger partial charge in [-0.05, 0) is 34.5 Å². The summed E-state index contributed by atoms with van der Waals surface area (Å²) in [6.45, 7) is 4.60. The average molecular weight is 307 g/mol. The van der Waals surface area contributed by atoms with E-state index in [9.17, 15) is 4.79 Å². The van der Waals surface area contributed by atoms with Crippen molar-refractivity contribution in [1.82, 2.24) is 0 Å². The van der Waals surface area contributed by atoms with Gasteiger partial charge in [0.05, 0.1) is 6.21 Å². The van der Waals surface area contributed by atoms with E-state index < -0.39 is 5.97 Å². The molecule has 4 nitrogen and oxygen atoms in total. The Morgan fingerprint density at radius 2 is 1.48 bits per heavy atom. The van der Waals surface area contributed by atoms with Gasteiger partial charge in [0.1, 0.15) is 0 Å². The Balaban J connectivity index is 0.000000277. The maximum absolute atomic E-state index is 9.60. The summed E-state index contributed by atoms with van der Waals surface area (Å²) in [7, 11) is 0. The third-order valence-electron chi connectivity index (χ3n) is 3.36. The van der Waals surface area contributed by atoms with Crippen molar-refractivity contribution in [2.75, 3.05) is 0 Å². The Morgan fingerprint density at radius 3 is 1.87 bits per heavy atom. The molecule has 0 unspecified atom stereocenters. The molecule has 0 heterocycles. The highest BCUT2D eigenvalue weighted by Crippen LogP contribution is 2.27. The molecular formula is C19H17NO3. The normalized spacial score (nSPS) is 10.5. The lowest BCUT2D eigenvalue weighted by Crippen LogP contribution is -1.92. The number of fused-ring (bicyclic) bond motifs is 2. The van der Waals surface area contributed by atoms with Crippen molar-refractivity contribution < 1.29 is 15.1 Å². The van der Waals surface area contributed by atoms with E-state index in [0.717, 1.165) is 27.1 Å². The highest BCUT2D eigenvalue weighted by molar-refractivity contribution is 6.13. The lowest BCUT2D eigenvalue weighted by Gasteiger charge is -2.06. The third-order valence-corrected chi connectivity index (χ3v) is 3.36. The number of nitrogens with zero attached hydrogens (tertiary/aromatic N) is 1. The number of hydrogen-bond acceptors (Lipinski definition) is 3. The topological polar surface area (TPSA) is 69.9 Å². The standard InChI is InChI=1S/C15H11NO.C4H6O2/c17-16-10-15-13-7-3-1-5-11(13)9-12-6-2-4-8-14(12)15;1-3(2)4(5)6/h1-10,17H;1H2,2H3,(H,5,6). The van der Waals surface area contributed by atoms with Crippen molar-refractivity contribution in [3.63, 3.8) is 0 Å². The molecule has 0 aliphatic carbocycles. The number of carboxylic acids is 1. The summed E-state index contributed by atoms with van der Waals surface area (Å²) in [6.07, 6.45) is 1.50. The van der Waals surface area contributed by atoms with Gasteiger partial charge in [0.15, 0.2) is 0 Å². The van der Waals surface area contributed by atoms with Gasteiger partial charge >= 0.3 is 5.97 Å². The summed E-state index contributed by atoms with van der Waals surface area (Å²) < 4.78 is 0. The summed E-state index contributed by atoms with van der Waals surface area (Å²) in [4.78, 5) is 9.60. The first kappa shape index (κ1) is 16.2. The van der Waals surface area contributed by atoms with Gasteiger partial charge in [-0.1, -0.05) is 60.3 Å². The van der Waals surface area contributed by atoms with Gasteiger partial charge in [-0.25, -0.2) is 4.79 Å². The van der Waals surface area contributed by atoms with Crippen molar-refractivity contribution in [1.29, 1.82) is 0 Å². The molecule has 0 amide bonds. The lowest BCUT2D eigenvalue weighted by molar-refractivity contribution is -0.132. The van der Waals surface area contributed by atoms with Gasteiger partial charge < -0.3 is 10.3 Å². The fraction of sp³-hybridized carbons (Fsp3) is 0.0526. The third kappa shape index (κ3) is 3.74. The number of rotatable bonds is 2. The number of aliphatic carboxylic acids is 1. The summed E-state index contributed by atoms with van der Waals surface area (Å²) >= 11 is 0. The van der Waals surface area contributed by atoms with Crippen LogP contribution in [0.5, 0.6) is 0 Å². The minimum Gasteiger partial charge on any atom is -0.478 e. The van der Waals surface area contributed by atoms with E-state index in [2.05, 4.69) is 29.9 Å². The molecule has 4 heteroatoms. The highest BCUT2D eigenvalue weighted by atomic mass is 16.4. The van der Waals surface area contributed by atoms with Gasteiger partial charge in [-0.3, -0.25) is 0 Å². The summed E-state index contributed by atoms with van der Waals surface area (Å²) in [5.41, 5.74) is 1.14. The Kier molecular flexibility index (Phi) is 5.10. The minimum atomic E-state index is -0.935. The highest BCUT2D eigenvalue weighted by Gasteiger charge is 2.04. The molecule has 0 fully saturated rings. The molecule has 3 aromatic rings. The first-order chi connectivity index (χ1) is 11.0. The fourth-order valence-electron chi connectivity index (χ4n) is 2.25. The van der Waals surface area contributed by atoms with Crippen LogP contribution in [0.2, 0.25) is 0 Å². The summed E-state index contributed by atoms with van der Waals surface area (Å²) in [5.74, 6) is -0.935. The molecule has 0 saturated heterocycles. The smallest absolute Gasteiger partial charge is 0.330 e. The molecule has 3 aromatic carbocycles. The van der Waals surface area contributed by atoms with Crippen molar-refractivity contribution in [3.05, 3.63) is 72.3 Å².